The molecule has 13 heteroatoms. The number of carboxylic acid groups (broad SMARTS) is 1. The maximum atomic E-state index is 14.0. The molecule has 1 aliphatic heterocycles. The van der Waals surface area contributed by atoms with Crippen molar-refractivity contribution in [2.45, 2.75) is 22.1 Å². The first-order valence-electron chi connectivity index (χ1n) is 10.5. The van der Waals surface area contributed by atoms with Gasteiger partial charge in [0.2, 0.25) is 5.91 Å². The van der Waals surface area contributed by atoms with E-state index in [1.165, 1.54) is 29.2 Å². The molecule has 0 spiro atoms. The predicted molar refractivity (Wildman–Crippen MR) is 120 cm³/mol. The van der Waals surface area contributed by atoms with Crippen molar-refractivity contribution in [1.29, 1.82) is 0 Å². The Morgan fingerprint density at radius 3 is 2.31 bits per heavy atom. The third-order valence-electron chi connectivity index (χ3n) is 5.00. The van der Waals surface area contributed by atoms with E-state index in [9.17, 15) is 35.9 Å². The first-order chi connectivity index (χ1) is 16.9. The Bertz CT molecular complexity index is 1140. The summed E-state index contributed by atoms with van der Waals surface area (Å²) in [5, 5.41) is 11.3. The van der Waals surface area contributed by atoms with Crippen LogP contribution in [0.3, 0.4) is 0 Å². The predicted octanol–water partition coefficient (Wildman–Crippen LogP) is 5.24. The lowest BCUT2D eigenvalue weighted by molar-refractivity contribution is -0.163. The number of hydrogen-bond donors (Lipinski definition) is 2. The number of nitrogens with zero attached hydrogens (tertiary/aromatic N) is 1. The molecule has 1 saturated heterocycles. The zero-order chi connectivity index (χ0) is 26.5. The quantitative estimate of drug-likeness (QED) is 0.374. The Balaban J connectivity index is 2.01. The fourth-order valence-corrected chi connectivity index (χ4v) is 4.48. The Labute approximate surface area is 205 Å². The number of morpholine rings is 1. The van der Waals surface area contributed by atoms with Crippen molar-refractivity contribution < 1.29 is 45.8 Å². The molecule has 3 rings (SSSR count). The second kappa shape index (κ2) is 11.2. The van der Waals surface area contributed by atoms with Crippen LogP contribution in [0.5, 0.6) is 0 Å². The van der Waals surface area contributed by atoms with Gasteiger partial charge in [-0.2, -0.15) is 26.3 Å². The maximum Gasteiger partial charge on any atom is 0.418 e. The van der Waals surface area contributed by atoms with Gasteiger partial charge in [-0.25, -0.2) is 0 Å². The molecule has 2 aromatic carbocycles. The summed E-state index contributed by atoms with van der Waals surface area (Å²) < 4.78 is 89.0. The number of benzene rings is 2. The van der Waals surface area contributed by atoms with Gasteiger partial charge in [-0.1, -0.05) is 23.9 Å². The standard InChI is InChI=1S/C23H20F6N2O4S/c24-22(25,26)20-14(5-7-18(32)31-8-10-35-11-9-31)4-6-17(21(20)23(27,28)29)36-16-3-1-2-15(12-16)30-13-19(33)34/h1-7,12,30H,8-11,13H2,(H,33,34). The number of aliphatic carboxylic acids is 1. The van der Waals surface area contributed by atoms with Crippen LogP contribution in [-0.4, -0.2) is 54.7 Å². The molecule has 1 amide bonds. The molecular weight excluding hydrogens is 514 g/mol. The number of nitrogens with one attached hydrogen (secondary N) is 1. The van der Waals surface area contributed by atoms with Gasteiger partial charge in [-0.05, 0) is 35.9 Å². The highest BCUT2D eigenvalue weighted by Crippen LogP contribution is 2.48. The van der Waals surface area contributed by atoms with Gasteiger partial charge in [-0.15, -0.1) is 0 Å². The van der Waals surface area contributed by atoms with Crippen molar-refractivity contribution in [3.63, 3.8) is 0 Å². The van der Waals surface area contributed by atoms with Crippen molar-refractivity contribution in [3.05, 3.63) is 59.2 Å². The number of halogens is 6. The lowest BCUT2D eigenvalue weighted by Gasteiger charge is -2.25. The van der Waals surface area contributed by atoms with Crippen molar-refractivity contribution in [1.82, 2.24) is 4.90 Å². The summed E-state index contributed by atoms with van der Waals surface area (Å²) in [5.41, 5.74) is -4.29. The van der Waals surface area contributed by atoms with Crippen LogP contribution in [-0.2, 0) is 26.7 Å². The summed E-state index contributed by atoms with van der Waals surface area (Å²) in [6, 6.07) is 7.42. The van der Waals surface area contributed by atoms with Gasteiger partial charge < -0.3 is 20.1 Å². The van der Waals surface area contributed by atoms with Crippen molar-refractivity contribution in [2.75, 3.05) is 38.2 Å². The van der Waals surface area contributed by atoms with Gasteiger partial charge in [0.15, 0.2) is 0 Å². The van der Waals surface area contributed by atoms with Crippen LogP contribution in [0.4, 0.5) is 32.0 Å². The average molecular weight is 534 g/mol. The van der Waals surface area contributed by atoms with E-state index in [2.05, 4.69) is 5.32 Å². The summed E-state index contributed by atoms with van der Waals surface area (Å²) in [7, 11) is 0. The largest absolute Gasteiger partial charge is 0.480 e. The van der Waals surface area contributed by atoms with Crippen LogP contribution in [0.15, 0.2) is 52.3 Å². The van der Waals surface area contributed by atoms with E-state index in [-0.39, 0.29) is 36.9 Å². The zero-order valence-corrected chi connectivity index (χ0v) is 19.3. The number of carboxylic acids is 1. The molecule has 0 aromatic heterocycles. The second-order valence-electron chi connectivity index (χ2n) is 7.55. The minimum atomic E-state index is -5.37. The molecule has 194 valence electrons. The molecule has 2 N–H and O–H groups in total. The third kappa shape index (κ3) is 7.17. The van der Waals surface area contributed by atoms with Crippen molar-refractivity contribution in [2.24, 2.45) is 0 Å². The van der Waals surface area contributed by atoms with Gasteiger partial charge in [0, 0.05) is 34.6 Å². The Kier molecular flexibility index (Phi) is 8.56. The molecule has 6 nitrogen and oxygen atoms in total. The second-order valence-corrected chi connectivity index (χ2v) is 8.66. The van der Waals surface area contributed by atoms with E-state index in [1.54, 1.807) is 0 Å². The summed E-state index contributed by atoms with van der Waals surface area (Å²) in [6.07, 6.45) is -9.17. The van der Waals surface area contributed by atoms with E-state index in [0.717, 1.165) is 24.3 Å². The highest BCUT2D eigenvalue weighted by atomic mass is 32.2. The molecule has 0 aliphatic carbocycles. The van der Waals surface area contributed by atoms with E-state index in [4.69, 9.17) is 9.84 Å². The van der Waals surface area contributed by atoms with Gasteiger partial charge in [0.25, 0.3) is 0 Å². The molecule has 0 bridgehead atoms. The highest BCUT2D eigenvalue weighted by Gasteiger charge is 2.46. The maximum absolute atomic E-state index is 14.0. The molecule has 36 heavy (non-hydrogen) atoms. The van der Waals surface area contributed by atoms with Gasteiger partial charge >= 0.3 is 18.3 Å². The van der Waals surface area contributed by atoms with Crippen LogP contribution < -0.4 is 5.32 Å². The molecule has 1 fully saturated rings. The van der Waals surface area contributed by atoms with Gasteiger partial charge in [0.05, 0.1) is 24.3 Å². The van der Waals surface area contributed by atoms with E-state index < -0.39 is 52.4 Å². The zero-order valence-electron chi connectivity index (χ0n) is 18.4. The normalized spacial score (nSPS) is 14.8. The summed E-state index contributed by atoms with van der Waals surface area (Å²) in [6.45, 7) is 0.498. The van der Waals surface area contributed by atoms with Crippen LogP contribution in [0.2, 0.25) is 0 Å². The van der Waals surface area contributed by atoms with Crippen molar-refractivity contribution in [3.8, 4) is 0 Å². The minimum absolute atomic E-state index is 0.162. The number of ether oxygens (including phenoxy) is 1. The summed E-state index contributed by atoms with van der Waals surface area (Å²) >= 11 is 0.455. The molecule has 2 aromatic rings. The third-order valence-corrected chi connectivity index (χ3v) is 6.05. The van der Waals surface area contributed by atoms with E-state index in [1.807, 2.05) is 0 Å². The summed E-state index contributed by atoms with van der Waals surface area (Å²) in [4.78, 5) is 23.8. The Morgan fingerprint density at radius 1 is 1.03 bits per heavy atom. The molecular formula is C23H20F6N2O4S. The lowest BCUT2D eigenvalue weighted by Crippen LogP contribution is -2.39. The lowest BCUT2D eigenvalue weighted by atomic mass is 9.99. The molecule has 0 unspecified atom stereocenters. The van der Waals surface area contributed by atoms with Gasteiger partial charge in [-0.3, -0.25) is 9.59 Å². The molecule has 1 aliphatic rings. The first-order valence-corrected chi connectivity index (χ1v) is 11.3. The Morgan fingerprint density at radius 2 is 1.69 bits per heavy atom. The first kappa shape index (κ1) is 27.4. The Hall–Kier alpha value is -3.19. The summed E-state index contributed by atoms with van der Waals surface area (Å²) in [5.74, 6) is -1.80. The number of alkyl halides is 6. The number of amides is 1. The van der Waals surface area contributed by atoms with Gasteiger partial charge in [0.1, 0.15) is 6.54 Å². The monoisotopic (exact) mass is 534 g/mol. The van der Waals surface area contributed by atoms with Crippen LogP contribution >= 0.6 is 11.8 Å². The fourth-order valence-electron chi connectivity index (χ4n) is 3.43. The van der Waals surface area contributed by atoms with E-state index >= 15 is 0 Å². The van der Waals surface area contributed by atoms with Crippen molar-refractivity contribution >= 4 is 35.4 Å². The average Bonchev–Trinajstić information content (AvgIpc) is 2.81. The number of hydrogen-bond acceptors (Lipinski definition) is 5. The van der Waals surface area contributed by atoms with Crippen LogP contribution in [0, 0.1) is 0 Å². The number of anilines is 1. The van der Waals surface area contributed by atoms with E-state index in [0.29, 0.717) is 11.8 Å². The van der Waals surface area contributed by atoms with Crippen LogP contribution in [0.1, 0.15) is 16.7 Å². The highest BCUT2D eigenvalue weighted by molar-refractivity contribution is 7.99. The fraction of sp³-hybridized carbons (Fsp3) is 0.304. The SMILES string of the molecule is O=C(O)CNc1cccc(Sc2ccc(C=CC(=O)N3CCOCC3)c(C(F)(F)F)c2C(F)(F)F)c1. The number of carbonyl (C=O) groups is 2. The molecule has 0 atom stereocenters. The molecule has 1 heterocycles. The number of carbonyl (C=O) groups excluding carboxylic acids is 1. The topological polar surface area (TPSA) is 78.9 Å². The minimum Gasteiger partial charge on any atom is -0.480 e. The molecule has 0 saturated carbocycles. The smallest absolute Gasteiger partial charge is 0.418 e. The van der Waals surface area contributed by atoms with Crippen LogP contribution in [0.25, 0.3) is 6.08 Å². The number of rotatable bonds is 7. The molecule has 0 radical (unpaired) electrons.